The van der Waals surface area contributed by atoms with Gasteiger partial charge in [-0.05, 0) is 31.6 Å². The van der Waals surface area contributed by atoms with E-state index in [1.807, 2.05) is 49.4 Å². The number of allylic oxidation sites excluding steroid dienone is 1. The molecular formula is C20H22N4O. The average Bonchev–Trinajstić information content (AvgIpc) is 2.60. The number of aromatic nitrogens is 1. The summed E-state index contributed by atoms with van der Waals surface area (Å²) < 4.78 is 0. The molecule has 2 rings (SSSR count). The van der Waals surface area contributed by atoms with Crippen LogP contribution in [0.25, 0.3) is 0 Å². The maximum Gasteiger partial charge on any atom is 0.247 e. The normalized spacial score (nSPS) is 11.9. The summed E-state index contributed by atoms with van der Waals surface area (Å²) in [6, 6.07) is 13.4. The van der Waals surface area contributed by atoms with Crippen LogP contribution >= 0.6 is 0 Å². The molecule has 5 nitrogen and oxygen atoms in total. The van der Waals surface area contributed by atoms with Gasteiger partial charge < -0.3 is 11.1 Å². The molecule has 3 N–H and O–H groups in total. The first-order valence-electron chi connectivity index (χ1n) is 7.93. The van der Waals surface area contributed by atoms with Gasteiger partial charge in [0.1, 0.15) is 5.82 Å². The van der Waals surface area contributed by atoms with Crippen LogP contribution in [-0.4, -0.2) is 16.6 Å². The van der Waals surface area contributed by atoms with E-state index in [1.54, 1.807) is 19.2 Å². The number of carbonyl (C=O) groups is 1. The molecule has 5 heteroatoms. The second kappa shape index (κ2) is 8.59. The summed E-state index contributed by atoms with van der Waals surface area (Å²) in [6.45, 7) is 7.68. The number of rotatable bonds is 6. The number of carbonyl (C=O) groups excluding carboxylic acids is 1. The van der Waals surface area contributed by atoms with E-state index in [0.717, 1.165) is 16.8 Å². The molecule has 0 atom stereocenters. The fraction of sp³-hybridized carbons (Fsp3) is 0.150. The van der Waals surface area contributed by atoms with E-state index in [9.17, 15) is 4.79 Å². The smallest absolute Gasteiger partial charge is 0.247 e. The summed E-state index contributed by atoms with van der Waals surface area (Å²) in [5.74, 6) is 0.00346. The van der Waals surface area contributed by atoms with Crippen LogP contribution in [0.5, 0.6) is 0 Å². The zero-order chi connectivity index (χ0) is 18.2. The van der Waals surface area contributed by atoms with Gasteiger partial charge >= 0.3 is 0 Å². The molecule has 0 aliphatic heterocycles. The minimum Gasteiger partial charge on any atom is -0.384 e. The highest BCUT2D eigenvalue weighted by atomic mass is 16.1. The minimum atomic E-state index is -0.184. The Kier molecular flexibility index (Phi) is 6.23. The number of aliphatic imine (C=N–C) groups is 1. The predicted molar refractivity (Wildman–Crippen MR) is 101 cm³/mol. The third-order valence-electron chi connectivity index (χ3n) is 3.58. The SMILES string of the molecule is C=C(N)/N=C(\C=C(/C)C(=O)NCc1ncccc1C)c1ccccc1. The second-order valence-corrected chi connectivity index (χ2v) is 5.63. The number of nitrogens with two attached hydrogens (primary N) is 1. The van der Waals surface area contributed by atoms with Gasteiger partial charge in [-0.25, -0.2) is 4.99 Å². The van der Waals surface area contributed by atoms with Gasteiger partial charge in [-0.3, -0.25) is 9.78 Å². The molecule has 128 valence electrons. The standard InChI is InChI=1S/C20H22N4O/c1-14-8-7-11-22-19(14)13-23-20(25)15(2)12-18(24-16(3)21)17-9-5-4-6-10-17/h4-12H,3,13,21H2,1-2H3,(H,23,25)/b15-12+,24-18+. The number of nitrogens with one attached hydrogen (secondary N) is 1. The van der Waals surface area contributed by atoms with Gasteiger partial charge in [0.25, 0.3) is 0 Å². The molecule has 0 fully saturated rings. The van der Waals surface area contributed by atoms with E-state index in [1.165, 1.54) is 0 Å². The number of aryl methyl sites for hydroxylation is 1. The molecule has 0 aliphatic rings. The second-order valence-electron chi connectivity index (χ2n) is 5.63. The van der Waals surface area contributed by atoms with Crippen molar-refractivity contribution in [1.82, 2.24) is 10.3 Å². The molecule has 0 aliphatic carbocycles. The van der Waals surface area contributed by atoms with Gasteiger partial charge in [0.15, 0.2) is 0 Å². The number of benzene rings is 1. The van der Waals surface area contributed by atoms with Crippen molar-refractivity contribution in [2.24, 2.45) is 10.7 Å². The van der Waals surface area contributed by atoms with Crippen LogP contribution in [0, 0.1) is 6.92 Å². The van der Waals surface area contributed by atoms with E-state index in [-0.39, 0.29) is 11.7 Å². The largest absolute Gasteiger partial charge is 0.384 e. The lowest BCUT2D eigenvalue weighted by Crippen LogP contribution is -2.25. The Morgan fingerprint density at radius 1 is 1.28 bits per heavy atom. The lowest BCUT2D eigenvalue weighted by Gasteiger charge is -2.08. The number of hydrogen-bond donors (Lipinski definition) is 2. The highest BCUT2D eigenvalue weighted by Crippen LogP contribution is 2.08. The first kappa shape index (κ1) is 18.1. The third kappa shape index (κ3) is 5.42. The molecule has 25 heavy (non-hydrogen) atoms. The molecule has 0 bridgehead atoms. The first-order chi connectivity index (χ1) is 12.0. The summed E-state index contributed by atoms with van der Waals surface area (Å²) in [6.07, 6.45) is 3.41. The molecule has 1 aromatic carbocycles. The fourth-order valence-electron chi connectivity index (χ4n) is 2.22. The molecule has 0 radical (unpaired) electrons. The van der Waals surface area contributed by atoms with Gasteiger partial charge in [-0.2, -0.15) is 0 Å². The van der Waals surface area contributed by atoms with Crippen LogP contribution in [0.3, 0.4) is 0 Å². The number of pyridine rings is 1. The average molecular weight is 334 g/mol. The number of amides is 1. The highest BCUT2D eigenvalue weighted by Gasteiger charge is 2.08. The van der Waals surface area contributed by atoms with Gasteiger partial charge in [0, 0.05) is 17.3 Å². The lowest BCUT2D eigenvalue weighted by atomic mass is 10.1. The van der Waals surface area contributed by atoms with E-state index in [2.05, 4.69) is 21.9 Å². The molecule has 1 heterocycles. The van der Waals surface area contributed by atoms with Crippen LogP contribution in [-0.2, 0) is 11.3 Å². The van der Waals surface area contributed by atoms with Gasteiger partial charge in [-0.1, -0.05) is 43.0 Å². The summed E-state index contributed by atoms with van der Waals surface area (Å²) >= 11 is 0. The molecule has 1 aromatic heterocycles. The van der Waals surface area contributed by atoms with Crippen molar-refractivity contribution in [1.29, 1.82) is 0 Å². The van der Waals surface area contributed by atoms with Crippen molar-refractivity contribution in [3.63, 3.8) is 0 Å². The molecule has 1 amide bonds. The van der Waals surface area contributed by atoms with Crippen LogP contribution in [0.2, 0.25) is 0 Å². The van der Waals surface area contributed by atoms with E-state index < -0.39 is 0 Å². The van der Waals surface area contributed by atoms with Crippen molar-refractivity contribution in [3.8, 4) is 0 Å². The quantitative estimate of drug-likeness (QED) is 0.629. The fourth-order valence-corrected chi connectivity index (χ4v) is 2.22. The lowest BCUT2D eigenvalue weighted by molar-refractivity contribution is -0.117. The molecule has 0 saturated carbocycles. The van der Waals surface area contributed by atoms with Crippen molar-refractivity contribution < 1.29 is 4.79 Å². The van der Waals surface area contributed by atoms with Crippen LogP contribution in [0.4, 0.5) is 0 Å². The minimum absolute atomic E-state index is 0.184. The molecule has 0 spiro atoms. The van der Waals surface area contributed by atoms with Gasteiger partial charge in [0.2, 0.25) is 5.91 Å². The summed E-state index contributed by atoms with van der Waals surface area (Å²) in [5.41, 5.74) is 9.48. The Morgan fingerprint density at radius 3 is 2.64 bits per heavy atom. The van der Waals surface area contributed by atoms with Crippen molar-refractivity contribution >= 4 is 11.6 Å². The predicted octanol–water partition coefficient (Wildman–Crippen LogP) is 2.87. The van der Waals surface area contributed by atoms with Crippen molar-refractivity contribution in [3.05, 3.63) is 89.5 Å². The number of hydrogen-bond acceptors (Lipinski definition) is 4. The Morgan fingerprint density at radius 2 is 2.00 bits per heavy atom. The van der Waals surface area contributed by atoms with Gasteiger partial charge in [-0.15, -0.1) is 0 Å². The maximum atomic E-state index is 12.4. The Balaban J connectivity index is 2.15. The van der Waals surface area contributed by atoms with E-state index in [0.29, 0.717) is 17.8 Å². The third-order valence-corrected chi connectivity index (χ3v) is 3.58. The Labute approximate surface area is 148 Å². The zero-order valence-corrected chi connectivity index (χ0v) is 14.5. The topological polar surface area (TPSA) is 80.4 Å². The van der Waals surface area contributed by atoms with E-state index >= 15 is 0 Å². The van der Waals surface area contributed by atoms with Crippen molar-refractivity contribution in [2.45, 2.75) is 20.4 Å². The van der Waals surface area contributed by atoms with Crippen molar-refractivity contribution in [2.75, 3.05) is 0 Å². The monoisotopic (exact) mass is 334 g/mol. The summed E-state index contributed by atoms with van der Waals surface area (Å²) in [5, 5.41) is 2.87. The Bertz CT molecular complexity index is 823. The molecule has 0 unspecified atom stereocenters. The Hall–Kier alpha value is -3.21. The summed E-state index contributed by atoms with van der Waals surface area (Å²) in [7, 11) is 0. The number of nitrogens with zero attached hydrogens (tertiary/aromatic N) is 2. The van der Waals surface area contributed by atoms with Crippen LogP contribution in [0.1, 0.15) is 23.7 Å². The maximum absolute atomic E-state index is 12.4. The molecule has 0 saturated heterocycles. The molecule has 2 aromatic rings. The zero-order valence-electron chi connectivity index (χ0n) is 14.5. The summed E-state index contributed by atoms with van der Waals surface area (Å²) in [4.78, 5) is 20.9. The van der Waals surface area contributed by atoms with Gasteiger partial charge in [0.05, 0.1) is 18.0 Å². The van der Waals surface area contributed by atoms with E-state index in [4.69, 9.17) is 5.73 Å². The molecular weight excluding hydrogens is 312 g/mol. The first-order valence-corrected chi connectivity index (χ1v) is 7.93. The van der Waals surface area contributed by atoms with Crippen LogP contribution in [0.15, 0.2) is 77.7 Å². The highest BCUT2D eigenvalue weighted by molar-refractivity contribution is 6.12. The van der Waals surface area contributed by atoms with Crippen LogP contribution < -0.4 is 11.1 Å².